The lowest BCUT2D eigenvalue weighted by Crippen LogP contribution is -2.51. The third-order valence-corrected chi connectivity index (χ3v) is 4.03. The number of nitrogens with one attached hydrogen (secondary N) is 1. The summed E-state index contributed by atoms with van der Waals surface area (Å²) in [5, 5.41) is 12.4. The number of ether oxygens (including phenoxy) is 1. The summed E-state index contributed by atoms with van der Waals surface area (Å²) in [7, 11) is 0. The molecule has 6 heteroatoms. The number of aliphatic carboxylic acids is 1. The van der Waals surface area contributed by atoms with Gasteiger partial charge in [0.2, 0.25) is 0 Å². The van der Waals surface area contributed by atoms with Crippen LogP contribution in [0.15, 0.2) is 54.6 Å². The number of nitrogens with zero attached hydrogens (tertiary/aromatic N) is 1. The lowest BCUT2D eigenvalue weighted by Gasteiger charge is -2.35. The molecule has 0 spiro atoms. The topological polar surface area (TPSA) is 78.9 Å². The second-order valence-electron chi connectivity index (χ2n) is 6.02. The highest BCUT2D eigenvalue weighted by atomic mass is 16.5. The highest BCUT2D eigenvalue weighted by molar-refractivity contribution is 6.00. The Hall–Kier alpha value is -2.86. The molecule has 1 unspecified atom stereocenters. The molecule has 2 aromatic carbocycles. The van der Waals surface area contributed by atoms with E-state index >= 15 is 0 Å². The normalized spacial score (nSPS) is 20.1. The molecule has 1 aliphatic rings. The molecule has 1 heterocycles. The Morgan fingerprint density at radius 2 is 1.76 bits per heavy atom. The summed E-state index contributed by atoms with van der Waals surface area (Å²) in [4.78, 5) is 25.7. The van der Waals surface area contributed by atoms with Gasteiger partial charge in [-0.2, -0.15) is 0 Å². The van der Waals surface area contributed by atoms with Crippen LogP contribution in [0.2, 0.25) is 0 Å². The first-order chi connectivity index (χ1) is 12.0. The predicted octanol–water partition coefficient (Wildman–Crippen LogP) is 2.74. The maximum absolute atomic E-state index is 13.0. The molecule has 0 bridgehead atoms. The van der Waals surface area contributed by atoms with Gasteiger partial charge < -0.3 is 20.1 Å². The highest BCUT2D eigenvalue weighted by Crippen LogP contribution is 2.23. The van der Waals surface area contributed by atoms with Crippen LogP contribution < -0.4 is 5.32 Å². The van der Waals surface area contributed by atoms with Gasteiger partial charge in [0.05, 0.1) is 23.9 Å². The van der Waals surface area contributed by atoms with Crippen molar-refractivity contribution >= 4 is 23.3 Å². The van der Waals surface area contributed by atoms with Gasteiger partial charge in [0.15, 0.2) is 6.10 Å². The fourth-order valence-corrected chi connectivity index (χ4v) is 2.88. The van der Waals surface area contributed by atoms with Crippen molar-refractivity contribution in [1.82, 2.24) is 4.90 Å². The van der Waals surface area contributed by atoms with Gasteiger partial charge in [-0.05, 0) is 31.2 Å². The van der Waals surface area contributed by atoms with Gasteiger partial charge in [-0.1, -0.05) is 30.3 Å². The van der Waals surface area contributed by atoms with Crippen LogP contribution in [0.25, 0.3) is 0 Å². The van der Waals surface area contributed by atoms with Crippen molar-refractivity contribution in [3.63, 3.8) is 0 Å². The number of para-hydroxylation sites is 2. The SMILES string of the molecule is C[C@@H]1CN(C(=O)c2ccccc2Nc2ccccc2)CC(C(=O)O)O1. The molecule has 0 aliphatic carbocycles. The molecule has 2 aromatic rings. The molecule has 1 aliphatic heterocycles. The first-order valence-electron chi connectivity index (χ1n) is 8.13. The van der Waals surface area contributed by atoms with Crippen molar-refractivity contribution in [2.75, 3.05) is 18.4 Å². The fourth-order valence-electron chi connectivity index (χ4n) is 2.88. The van der Waals surface area contributed by atoms with Gasteiger partial charge in [0.25, 0.3) is 5.91 Å². The number of anilines is 2. The van der Waals surface area contributed by atoms with Crippen molar-refractivity contribution < 1.29 is 19.4 Å². The van der Waals surface area contributed by atoms with Crippen molar-refractivity contribution in [1.29, 1.82) is 0 Å². The van der Waals surface area contributed by atoms with Crippen molar-refractivity contribution in [3.8, 4) is 0 Å². The van der Waals surface area contributed by atoms with Crippen LogP contribution in [0.3, 0.4) is 0 Å². The second kappa shape index (κ2) is 7.36. The number of benzene rings is 2. The third-order valence-electron chi connectivity index (χ3n) is 4.03. The number of carboxylic acids is 1. The molecule has 25 heavy (non-hydrogen) atoms. The van der Waals surface area contributed by atoms with Gasteiger partial charge in [0, 0.05) is 12.2 Å². The van der Waals surface area contributed by atoms with Crippen LogP contribution >= 0.6 is 0 Å². The zero-order valence-corrected chi connectivity index (χ0v) is 13.9. The smallest absolute Gasteiger partial charge is 0.334 e. The van der Waals surface area contributed by atoms with E-state index in [1.54, 1.807) is 24.0 Å². The Morgan fingerprint density at radius 3 is 2.48 bits per heavy atom. The third kappa shape index (κ3) is 3.97. The molecule has 1 saturated heterocycles. The van der Waals surface area contributed by atoms with E-state index in [0.29, 0.717) is 17.8 Å². The summed E-state index contributed by atoms with van der Waals surface area (Å²) in [6.07, 6.45) is -1.32. The van der Waals surface area contributed by atoms with E-state index < -0.39 is 12.1 Å². The van der Waals surface area contributed by atoms with Gasteiger partial charge in [-0.15, -0.1) is 0 Å². The fraction of sp³-hybridized carbons (Fsp3) is 0.263. The number of hydrogen-bond acceptors (Lipinski definition) is 4. The van der Waals surface area contributed by atoms with E-state index in [0.717, 1.165) is 5.69 Å². The number of carbonyl (C=O) groups is 2. The maximum Gasteiger partial charge on any atom is 0.334 e. The monoisotopic (exact) mass is 340 g/mol. The average molecular weight is 340 g/mol. The van der Waals surface area contributed by atoms with Gasteiger partial charge in [0.1, 0.15) is 0 Å². The molecule has 1 amide bonds. The molecule has 1 fully saturated rings. The largest absolute Gasteiger partial charge is 0.479 e. The summed E-state index contributed by atoms with van der Waals surface area (Å²) in [6, 6.07) is 16.8. The molecule has 2 N–H and O–H groups in total. The van der Waals surface area contributed by atoms with E-state index in [1.165, 1.54) is 0 Å². The zero-order chi connectivity index (χ0) is 17.8. The summed E-state index contributed by atoms with van der Waals surface area (Å²) >= 11 is 0. The van der Waals surface area contributed by atoms with Crippen molar-refractivity contribution in [2.24, 2.45) is 0 Å². The minimum atomic E-state index is -1.06. The van der Waals surface area contributed by atoms with E-state index in [4.69, 9.17) is 4.74 Å². The molecular weight excluding hydrogens is 320 g/mol. The van der Waals surface area contributed by atoms with Gasteiger partial charge >= 0.3 is 5.97 Å². The minimum Gasteiger partial charge on any atom is -0.479 e. The van der Waals surface area contributed by atoms with E-state index in [2.05, 4.69) is 5.32 Å². The van der Waals surface area contributed by atoms with Gasteiger partial charge in [-0.25, -0.2) is 4.79 Å². The number of hydrogen-bond donors (Lipinski definition) is 2. The van der Waals surface area contributed by atoms with Crippen LogP contribution in [0.1, 0.15) is 17.3 Å². The first-order valence-corrected chi connectivity index (χ1v) is 8.13. The first kappa shape index (κ1) is 17.0. The number of carbonyl (C=O) groups excluding carboxylic acids is 1. The summed E-state index contributed by atoms with van der Waals surface area (Å²) in [5.74, 6) is -1.26. The lowest BCUT2D eigenvalue weighted by molar-refractivity contribution is -0.160. The average Bonchev–Trinajstić information content (AvgIpc) is 2.62. The molecule has 0 radical (unpaired) electrons. The second-order valence-corrected chi connectivity index (χ2v) is 6.02. The Bertz CT molecular complexity index is 763. The van der Waals surface area contributed by atoms with E-state index in [1.807, 2.05) is 42.5 Å². The Morgan fingerprint density at radius 1 is 1.08 bits per heavy atom. The number of morpholine rings is 1. The number of carboxylic acid groups (broad SMARTS) is 1. The number of amides is 1. The number of rotatable bonds is 4. The van der Waals surface area contributed by atoms with Crippen molar-refractivity contribution in [3.05, 3.63) is 60.2 Å². The maximum atomic E-state index is 13.0. The molecular formula is C19H20N2O4. The standard InChI is InChI=1S/C19H20N2O4/c1-13-11-21(12-17(25-13)19(23)24)18(22)15-9-5-6-10-16(15)20-14-7-3-2-4-8-14/h2-10,13,17,20H,11-12H2,1H3,(H,23,24)/t13-,17?/m1/s1. The Labute approximate surface area is 146 Å². The van der Waals surface area contributed by atoms with Crippen LogP contribution in [0.4, 0.5) is 11.4 Å². The van der Waals surface area contributed by atoms with E-state index in [9.17, 15) is 14.7 Å². The molecule has 0 saturated carbocycles. The Balaban J connectivity index is 1.83. The molecule has 130 valence electrons. The van der Waals surface area contributed by atoms with Gasteiger partial charge in [-0.3, -0.25) is 4.79 Å². The molecule has 0 aromatic heterocycles. The molecule has 6 nitrogen and oxygen atoms in total. The molecule has 2 atom stereocenters. The zero-order valence-electron chi connectivity index (χ0n) is 13.9. The summed E-state index contributed by atoms with van der Waals surface area (Å²) in [6.45, 7) is 2.17. The van der Waals surface area contributed by atoms with Crippen molar-refractivity contribution in [2.45, 2.75) is 19.1 Å². The molecule has 3 rings (SSSR count). The quantitative estimate of drug-likeness (QED) is 0.895. The van der Waals surface area contributed by atoms with Crippen LogP contribution in [0.5, 0.6) is 0 Å². The van der Waals surface area contributed by atoms with Crippen LogP contribution in [-0.2, 0) is 9.53 Å². The predicted molar refractivity (Wildman–Crippen MR) is 94.0 cm³/mol. The lowest BCUT2D eigenvalue weighted by atomic mass is 10.1. The van der Waals surface area contributed by atoms with Crippen LogP contribution in [-0.4, -0.2) is 47.2 Å². The Kier molecular flexibility index (Phi) is 5.00. The van der Waals surface area contributed by atoms with Crippen LogP contribution in [0, 0.1) is 0 Å². The van der Waals surface area contributed by atoms with E-state index in [-0.39, 0.29) is 18.6 Å². The minimum absolute atomic E-state index is 0.0399. The summed E-state index contributed by atoms with van der Waals surface area (Å²) < 4.78 is 5.38. The summed E-state index contributed by atoms with van der Waals surface area (Å²) in [5.41, 5.74) is 2.07. The highest BCUT2D eigenvalue weighted by Gasteiger charge is 2.33.